The lowest BCUT2D eigenvalue weighted by atomic mass is 10.2. The number of nitrogen functional groups attached to an aromatic ring is 1. The molecule has 3 nitrogen and oxygen atoms in total. The van der Waals surface area contributed by atoms with Crippen molar-refractivity contribution in [2.75, 3.05) is 5.73 Å². The Balaban J connectivity index is 3.25. The van der Waals surface area contributed by atoms with Gasteiger partial charge >= 0.3 is 0 Å². The summed E-state index contributed by atoms with van der Waals surface area (Å²) in [6.45, 7) is 0. The first-order chi connectivity index (χ1) is 4.74. The van der Waals surface area contributed by atoms with Crippen LogP contribution in [0.2, 0.25) is 0 Å². The molecule has 1 heterocycles. The van der Waals surface area contributed by atoms with Gasteiger partial charge in [0.25, 0.3) is 0 Å². The molecule has 10 heavy (non-hydrogen) atoms. The molecule has 0 aliphatic heterocycles. The Bertz CT molecular complexity index is 290. The number of rotatable bonds is 0. The fraction of sp³-hybridized carbons (Fsp3) is 0. The van der Waals surface area contributed by atoms with Gasteiger partial charge in [0.15, 0.2) is 0 Å². The van der Waals surface area contributed by atoms with Gasteiger partial charge in [-0.05, 0) is 22.0 Å². The van der Waals surface area contributed by atoms with Gasteiger partial charge in [0.05, 0.1) is 17.4 Å². The lowest BCUT2D eigenvalue weighted by molar-refractivity contribution is 1.27. The third-order valence-electron chi connectivity index (χ3n) is 1.02. The van der Waals surface area contributed by atoms with Crippen LogP contribution in [-0.4, -0.2) is 4.98 Å². The van der Waals surface area contributed by atoms with Crippen LogP contribution in [0.4, 0.5) is 5.69 Å². The van der Waals surface area contributed by atoms with Crippen LogP contribution in [0.15, 0.2) is 16.9 Å². The van der Waals surface area contributed by atoms with Crippen LogP contribution in [0, 0.1) is 11.3 Å². The van der Waals surface area contributed by atoms with Gasteiger partial charge < -0.3 is 5.73 Å². The highest BCUT2D eigenvalue weighted by Crippen LogP contribution is 2.13. The van der Waals surface area contributed by atoms with Crippen molar-refractivity contribution >= 4 is 21.6 Å². The molecule has 1 aromatic heterocycles. The SMILES string of the molecule is N#Cc1cc(Br)ncc1N. The highest BCUT2D eigenvalue weighted by molar-refractivity contribution is 9.10. The quantitative estimate of drug-likeness (QED) is 0.639. The van der Waals surface area contributed by atoms with E-state index in [0.717, 1.165) is 0 Å². The summed E-state index contributed by atoms with van der Waals surface area (Å²) >= 11 is 3.12. The van der Waals surface area contributed by atoms with Gasteiger partial charge in [-0.15, -0.1) is 0 Å². The molecule has 0 radical (unpaired) electrons. The van der Waals surface area contributed by atoms with Gasteiger partial charge in [-0.25, -0.2) is 4.98 Å². The Labute approximate surface area is 66.6 Å². The molecule has 2 N–H and O–H groups in total. The second-order valence-electron chi connectivity index (χ2n) is 1.71. The zero-order valence-electron chi connectivity index (χ0n) is 5.00. The first-order valence-corrected chi connectivity index (χ1v) is 3.34. The van der Waals surface area contributed by atoms with Crippen molar-refractivity contribution in [3.8, 4) is 6.07 Å². The van der Waals surface area contributed by atoms with E-state index < -0.39 is 0 Å². The molecule has 0 spiro atoms. The van der Waals surface area contributed by atoms with Crippen molar-refractivity contribution in [3.05, 3.63) is 22.4 Å². The highest BCUT2D eigenvalue weighted by Gasteiger charge is 1.97. The molecule has 0 unspecified atom stereocenters. The minimum Gasteiger partial charge on any atom is -0.396 e. The van der Waals surface area contributed by atoms with Gasteiger partial charge in [0.2, 0.25) is 0 Å². The lowest BCUT2D eigenvalue weighted by Crippen LogP contribution is -1.91. The third-order valence-corrected chi connectivity index (χ3v) is 1.46. The van der Waals surface area contributed by atoms with E-state index >= 15 is 0 Å². The highest BCUT2D eigenvalue weighted by atomic mass is 79.9. The average molecular weight is 198 g/mol. The summed E-state index contributed by atoms with van der Waals surface area (Å²) < 4.78 is 0.623. The summed E-state index contributed by atoms with van der Waals surface area (Å²) in [5.41, 5.74) is 6.25. The summed E-state index contributed by atoms with van der Waals surface area (Å²) in [4.78, 5) is 3.83. The first kappa shape index (κ1) is 7.03. The maximum Gasteiger partial charge on any atom is 0.107 e. The number of pyridine rings is 1. The average Bonchev–Trinajstić information content (AvgIpc) is 1.94. The van der Waals surface area contributed by atoms with E-state index in [1.165, 1.54) is 6.20 Å². The van der Waals surface area contributed by atoms with Crippen LogP contribution < -0.4 is 5.73 Å². The van der Waals surface area contributed by atoms with E-state index in [1.807, 2.05) is 6.07 Å². The number of nitrogens with two attached hydrogens (primary N) is 1. The zero-order valence-corrected chi connectivity index (χ0v) is 6.59. The molecule has 0 aromatic carbocycles. The molecule has 0 atom stereocenters. The number of aromatic nitrogens is 1. The summed E-state index contributed by atoms with van der Waals surface area (Å²) in [5.74, 6) is 0. The second kappa shape index (κ2) is 2.67. The van der Waals surface area contributed by atoms with Crippen LogP contribution in [-0.2, 0) is 0 Å². The van der Waals surface area contributed by atoms with Crippen molar-refractivity contribution in [1.82, 2.24) is 4.98 Å². The molecule has 0 amide bonds. The maximum absolute atomic E-state index is 8.46. The number of nitrogens with zero attached hydrogens (tertiary/aromatic N) is 2. The van der Waals surface area contributed by atoms with Crippen molar-refractivity contribution < 1.29 is 0 Å². The van der Waals surface area contributed by atoms with Crippen molar-refractivity contribution in [3.63, 3.8) is 0 Å². The number of nitriles is 1. The third kappa shape index (κ3) is 1.25. The Hall–Kier alpha value is -1.08. The maximum atomic E-state index is 8.46. The van der Waals surface area contributed by atoms with Crippen LogP contribution in [0.1, 0.15) is 5.56 Å². The molecule has 0 saturated heterocycles. The van der Waals surface area contributed by atoms with Gasteiger partial charge in [0, 0.05) is 0 Å². The molecule has 1 rings (SSSR count). The zero-order chi connectivity index (χ0) is 7.56. The number of anilines is 1. The van der Waals surface area contributed by atoms with E-state index in [2.05, 4.69) is 20.9 Å². The van der Waals surface area contributed by atoms with Crippen LogP contribution in [0.5, 0.6) is 0 Å². The Morgan fingerprint density at radius 3 is 2.90 bits per heavy atom. The second-order valence-corrected chi connectivity index (χ2v) is 2.52. The largest absolute Gasteiger partial charge is 0.396 e. The van der Waals surface area contributed by atoms with Gasteiger partial charge in [0.1, 0.15) is 10.7 Å². The predicted molar refractivity (Wildman–Crippen MR) is 41.1 cm³/mol. The number of hydrogen-bond donors (Lipinski definition) is 1. The predicted octanol–water partition coefficient (Wildman–Crippen LogP) is 1.30. The van der Waals surface area contributed by atoms with Gasteiger partial charge in [-0.2, -0.15) is 5.26 Å². The summed E-state index contributed by atoms with van der Waals surface area (Å²) in [7, 11) is 0. The lowest BCUT2D eigenvalue weighted by Gasteiger charge is -1.94. The van der Waals surface area contributed by atoms with Crippen molar-refractivity contribution in [1.29, 1.82) is 5.26 Å². The number of hydrogen-bond acceptors (Lipinski definition) is 3. The Kier molecular flexibility index (Phi) is 1.88. The summed E-state index contributed by atoms with van der Waals surface area (Å²) in [5, 5.41) is 8.46. The number of halogens is 1. The van der Waals surface area contributed by atoms with Crippen LogP contribution in [0.3, 0.4) is 0 Å². The monoisotopic (exact) mass is 197 g/mol. The first-order valence-electron chi connectivity index (χ1n) is 2.55. The molecule has 0 saturated carbocycles. The molecule has 0 aliphatic rings. The topological polar surface area (TPSA) is 62.7 Å². The molecule has 1 aromatic rings. The molecule has 0 fully saturated rings. The Morgan fingerprint density at radius 1 is 1.70 bits per heavy atom. The van der Waals surface area contributed by atoms with E-state index in [0.29, 0.717) is 15.9 Å². The van der Waals surface area contributed by atoms with E-state index in [1.54, 1.807) is 6.07 Å². The fourth-order valence-electron chi connectivity index (χ4n) is 0.537. The van der Waals surface area contributed by atoms with Gasteiger partial charge in [-0.3, -0.25) is 0 Å². The molecule has 0 bridgehead atoms. The van der Waals surface area contributed by atoms with Crippen molar-refractivity contribution in [2.45, 2.75) is 0 Å². The minimum absolute atomic E-state index is 0.408. The summed E-state index contributed by atoms with van der Waals surface area (Å²) in [6.07, 6.45) is 1.45. The van der Waals surface area contributed by atoms with Crippen molar-refractivity contribution in [2.24, 2.45) is 0 Å². The normalized spacial score (nSPS) is 8.80. The smallest absolute Gasteiger partial charge is 0.107 e. The molecule has 4 heteroatoms. The van der Waals surface area contributed by atoms with E-state index in [9.17, 15) is 0 Å². The van der Waals surface area contributed by atoms with E-state index in [-0.39, 0.29) is 0 Å². The summed E-state index contributed by atoms with van der Waals surface area (Å²) in [6, 6.07) is 3.52. The Morgan fingerprint density at radius 2 is 2.40 bits per heavy atom. The van der Waals surface area contributed by atoms with E-state index in [4.69, 9.17) is 11.0 Å². The molecular formula is C6H4BrN3. The van der Waals surface area contributed by atoms with Crippen LogP contribution in [0.25, 0.3) is 0 Å². The molecule has 0 aliphatic carbocycles. The van der Waals surface area contributed by atoms with Gasteiger partial charge in [-0.1, -0.05) is 0 Å². The fourth-order valence-corrected chi connectivity index (χ4v) is 0.869. The standard InChI is InChI=1S/C6H4BrN3/c7-6-1-4(2-8)5(9)3-10-6/h1,3H,9H2. The minimum atomic E-state index is 0.408. The molecular weight excluding hydrogens is 194 g/mol. The van der Waals surface area contributed by atoms with Crippen LogP contribution >= 0.6 is 15.9 Å². The molecule has 50 valence electrons.